The Kier molecular flexibility index (Phi) is 10.0. The fourth-order valence-electron chi connectivity index (χ4n) is 0.433. The lowest BCUT2D eigenvalue weighted by atomic mass is 10.4. The molecule has 0 aliphatic carbocycles. The molecule has 0 spiro atoms. The molecule has 1 heterocycles. The van der Waals surface area contributed by atoms with Gasteiger partial charge in [-0.25, -0.2) is 4.79 Å². The summed E-state index contributed by atoms with van der Waals surface area (Å²) in [6, 6.07) is 0. The lowest BCUT2D eigenvalue weighted by Gasteiger charge is -1.79. The van der Waals surface area contributed by atoms with E-state index in [1.807, 2.05) is 13.8 Å². The second-order valence-electron chi connectivity index (χ2n) is 1.89. The summed E-state index contributed by atoms with van der Waals surface area (Å²) in [4.78, 5) is 29.3. The Morgan fingerprint density at radius 3 is 1.71 bits per heavy atom. The third-order valence-corrected chi connectivity index (χ3v) is 0.936. The van der Waals surface area contributed by atoms with Crippen LogP contribution in [-0.4, -0.2) is 23.0 Å². The molecule has 1 rings (SSSR count). The Morgan fingerprint density at radius 1 is 1.36 bits per heavy atom. The molecule has 5 heteroatoms. The van der Waals surface area contributed by atoms with Gasteiger partial charge in [0.05, 0.1) is 12.8 Å². The van der Waals surface area contributed by atoms with E-state index in [1.165, 1.54) is 0 Å². The number of carboxylic acid groups (broad SMARTS) is 1. The van der Waals surface area contributed by atoms with Crippen LogP contribution in [0, 0.1) is 0 Å². The van der Waals surface area contributed by atoms with Gasteiger partial charge in [0.15, 0.2) is 0 Å². The third kappa shape index (κ3) is 10.3. The molecule has 0 unspecified atom stereocenters. The second kappa shape index (κ2) is 9.44. The summed E-state index contributed by atoms with van der Waals surface area (Å²) < 4.78 is 4.08. The predicted octanol–water partition coefficient (Wildman–Crippen LogP) is 1.13. The third-order valence-electron chi connectivity index (χ3n) is 0.936. The van der Waals surface area contributed by atoms with Crippen LogP contribution >= 0.6 is 0 Å². The van der Waals surface area contributed by atoms with Crippen molar-refractivity contribution in [3.63, 3.8) is 0 Å². The zero-order valence-electron chi connectivity index (χ0n) is 8.28. The van der Waals surface area contributed by atoms with Crippen LogP contribution in [0.2, 0.25) is 0 Å². The summed E-state index contributed by atoms with van der Waals surface area (Å²) in [7, 11) is 0. The van der Waals surface area contributed by atoms with E-state index < -0.39 is 17.9 Å². The van der Waals surface area contributed by atoms with Gasteiger partial charge in [-0.2, -0.15) is 0 Å². The highest BCUT2D eigenvalue weighted by Gasteiger charge is 2.19. The van der Waals surface area contributed by atoms with Gasteiger partial charge >= 0.3 is 17.9 Å². The number of cyclic esters (lactones) is 2. The van der Waals surface area contributed by atoms with E-state index in [4.69, 9.17) is 5.11 Å². The largest absolute Gasteiger partial charge is 0.478 e. The van der Waals surface area contributed by atoms with Crippen LogP contribution in [0.25, 0.3) is 0 Å². The maximum Gasteiger partial charge on any atom is 0.327 e. The SMILES string of the molecule is C=CC(=O)O.CC.O=C1CCC(=O)O1. The Bertz CT molecular complexity index is 205. The predicted molar refractivity (Wildman–Crippen MR) is 49.5 cm³/mol. The Hall–Kier alpha value is -1.65. The molecule has 0 bridgehead atoms. The number of carbonyl (C=O) groups is 3. The van der Waals surface area contributed by atoms with Gasteiger partial charge < -0.3 is 9.84 Å². The number of hydrogen-bond donors (Lipinski definition) is 1. The highest BCUT2D eigenvalue weighted by Crippen LogP contribution is 2.03. The van der Waals surface area contributed by atoms with Gasteiger partial charge in [0.1, 0.15) is 0 Å². The topological polar surface area (TPSA) is 80.7 Å². The molecular formula is C9H14O5. The van der Waals surface area contributed by atoms with Crippen molar-refractivity contribution in [2.24, 2.45) is 0 Å². The van der Waals surface area contributed by atoms with Crippen molar-refractivity contribution in [1.29, 1.82) is 0 Å². The van der Waals surface area contributed by atoms with E-state index in [1.54, 1.807) is 0 Å². The minimum absolute atomic E-state index is 0.263. The van der Waals surface area contributed by atoms with Crippen LogP contribution in [0.3, 0.4) is 0 Å². The van der Waals surface area contributed by atoms with Gasteiger partial charge in [-0.15, -0.1) is 0 Å². The molecule has 1 aliphatic rings. The summed E-state index contributed by atoms with van der Waals surface area (Å²) in [5.74, 6) is -1.78. The highest BCUT2D eigenvalue weighted by atomic mass is 16.6. The summed E-state index contributed by atoms with van der Waals surface area (Å²) >= 11 is 0. The summed E-state index contributed by atoms with van der Waals surface area (Å²) in [5, 5.41) is 7.60. The maximum absolute atomic E-state index is 10.0. The van der Waals surface area contributed by atoms with Gasteiger partial charge in [-0.1, -0.05) is 20.4 Å². The fraction of sp³-hybridized carbons (Fsp3) is 0.444. The molecule has 0 aromatic carbocycles. The molecule has 0 amide bonds. The van der Waals surface area contributed by atoms with Crippen LogP contribution < -0.4 is 0 Å². The monoisotopic (exact) mass is 202 g/mol. The van der Waals surface area contributed by atoms with Crippen molar-refractivity contribution in [2.45, 2.75) is 26.7 Å². The fourth-order valence-corrected chi connectivity index (χ4v) is 0.433. The van der Waals surface area contributed by atoms with Crippen molar-refractivity contribution in [3.8, 4) is 0 Å². The summed E-state index contributed by atoms with van der Waals surface area (Å²) in [5.41, 5.74) is 0. The molecule has 0 radical (unpaired) electrons. The quantitative estimate of drug-likeness (QED) is 0.391. The van der Waals surface area contributed by atoms with Crippen molar-refractivity contribution < 1.29 is 24.2 Å². The smallest absolute Gasteiger partial charge is 0.327 e. The second-order valence-corrected chi connectivity index (χ2v) is 1.89. The van der Waals surface area contributed by atoms with Crippen molar-refractivity contribution >= 4 is 17.9 Å². The Labute approximate surface area is 82.4 Å². The minimum atomic E-state index is -0.981. The van der Waals surface area contributed by atoms with Gasteiger partial charge in [-0.05, 0) is 0 Å². The van der Waals surface area contributed by atoms with Crippen LogP contribution in [0.4, 0.5) is 0 Å². The molecule has 80 valence electrons. The average molecular weight is 202 g/mol. The van der Waals surface area contributed by atoms with Gasteiger partial charge in [0.2, 0.25) is 0 Å². The van der Waals surface area contributed by atoms with Crippen LogP contribution in [0.15, 0.2) is 12.7 Å². The number of hydrogen-bond acceptors (Lipinski definition) is 4. The number of carboxylic acids is 1. The number of esters is 2. The molecular weight excluding hydrogens is 188 g/mol. The lowest BCUT2D eigenvalue weighted by Crippen LogP contribution is -1.94. The molecule has 14 heavy (non-hydrogen) atoms. The van der Waals surface area contributed by atoms with Gasteiger partial charge in [-0.3, -0.25) is 9.59 Å². The average Bonchev–Trinajstić information content (AvgIpc) is 2.54. The van der Waals surface area contributed by atoms with Gasteiger partial charge in [0.25, 0.3) is 0 Å². The molecule has 0 aromatic heterocycles. The molecule has 0 saturated carbocycles. The normalized spacial score (nSPS) is 12.7. The highest BCUT2D eigenvalue weighted by molar-refractivity contribution is 5.92. The van der Waals surface area contributed by atoms with Crippen molar-refractivity contribution in [2.75, 3.05) is 0 Å². The number of aliphatic carboxylic acids is 1. The van der Waals surface area contributed by atoms with Gasteiger partial charge in [0, 0.05) is 6.08 Å². The molecule has 1 saturated heterocycles. The number of ether oxygens (including phenoxy) is 1. The zero-order valence-corrected chi connectivity index (χ0v) is 8.28. The number of rotatable bonds is 1. The zero-order chi connectivity index (χ0) is 11.6. The minimum Gasteiger partial charge on any atom is -0.478 e. The van der Waals surface area contributed by atoms with E-state index in [-0.39, 0.29) is 12.8 Å². The van der Waals surface area contributed by atoms with Crippen LogP contribution in [-0.2, 0) is 19.1 Å². The lowest BCUT2D eigenvalue weighted by molar-refractivity contribution is -0.152. The Balaban J connectivity index is 0. The standard InChI is InChI=1S/C4H4O3.C3H4O2.C2H6/c5-3-1-2-4(6)7-3;1-2-3(4)5;1-2/h1-2H2;2H,1H2,(H,4,5);1-2H3. The first kappa shape index (κ1) is 14.9. The van der Waals surface area contributed by atoms with Crippen molar-refractivity contribution in [3.05, 3.63) is 12.7 Å². The molecule has 1 N–H and O–H groups in total. The maximum atomic E-state index is 10.0. The molecule has 0 atom stereocenters. The van der Waals surface area contributed by atoms with Crippen LogP contribution in [0.1, 0.15) is 26.7 Å². The Morgan fingerprint density at radius 2 is 1.64 bits per heavy atom. The van der Waals surface area contributed by atoms with E-state index in [2.05, 4.69) is 11.3 Å². The summed E-state index contributed by atoms with van der Waals surface area (Å²) in [6.45, 7) is 6.96. The van der Waals surface area contributed by atoms with Crippen LogP contribution in [0.5, 0.6) is 0 Å². The summed E-state index contributed by atoms with van der Waals surface area (Å²) in [6.07, 6.45) is 1.36. The first-order valence-corrected chi connectivity index (χ1v) is 4.15. The molecule has 1 fully saturated rings. The number of carbonyl (C=O) groups excluding carboxylic acids is 2. The van der Waals surface area contributed by atoms with E-state index in [9.17, 15) is 14.4 Å². The van der Waals surface area contributed by atoms with Crippen molar-refractivity contribution in [1.82, 2.24) is 0 Å². The molecule has 0 aromatic rings. The van der Waals surface area contributed by atoms with E-state index >= 15 is 0 Å². The first-order valence-electron chi connectivity index (χ1n) is 4.15. The first-order chi connectivity index (χ1) is 6.56. The molecule has 1 aliphatic heterocycles. The van der Waals surface area contributed by atoms with E-state index in [0.29, 0.717) is 0 Å². The van der Waals surface area contributed by atoms with E-state index in [0.717, 1.165) is 6.08 Å². The molecule has 5 nitrogen and oxygen atoms in total.